The summed E-state index contributed by atoms with van der Waals surface area (Å²) in [5.41, 5.74) is 0.452. The third-order valence-electron chi connectivity index (χ3n) is 5.04. The Bertz CT molecular complexity index is 1170. The Hall–Kier alpha value is -2.70. The first-order chi connectivity index (χ1) is 14.5. The quantitative estimate of drug-likeness (QED) is 0.488. The van der Waals surface area contributed by atoms with E-state index in [1.807, 2.05) is 4.90 Å². The van der Waals surface area contributed by atoms with E-state index in [-0.39, 0.29) is 21.2 Å². The van der Waals surface area contributed by atoms with Crippen molar-refractivity contribution >= 4 is 37.1 Å². The first kappa shape index (κ1) is 23.0. The zero-order chi connectivity index (χ0) is 22.8. The van der Waals surface area contributed by atoms with E-state index in [9.17, 15) is 26.9 Å². The maximum Gasteiger partial charge on any atom is 0.271 e. The fraction of sp³-hybridized carbons (Fsp3) is 0.368. The molecule has 1 aliphatic rings. The molecule has 0 radical (unpaired) electrons. The van der Waals surface area contributed by atoms with Crippen molar-refractivity contribution in [1.82, 2.24) is 4.31 Å². The first-order valence-corrected chi connectivity index (χ1v) is 12.5. The molecule has 1 N–H and O–H groups in total. The minimum atomic E-state index is -4.11. The van der Waals surface area contributed by atoms with Gasteiger partial charge in [-0.2, -0.15) is 0 Å². The molecule has 0 aliphatic carbocycles. The number of rotatable bonds is 7. The smallest absolute Gasteiger partial charge is 0.271 e. The van der Waals surface area contributed by atoms with Gasteiger partial charge in [0.1, 0.15) is 0 Å². The van der Waals surface area contributed by atoms with Crippen molar-refractivity contribution in [2.24, 2.45) is 0 Å². The van der Waals surface area contributed by atoms with Crippen LogP contribution >= 0.6 is 0 Å². The summed E-state index contributed by atoms with van der Waals surface area (Å²) in [4.78, 5) is 12.4. The maximum atomic E-state index is 13.0. The largest absolute Gasteiger partial charge is 0.370 e. The van der Waals surface area contributed by atoms with Crippen molar-refractivity contribution in [2.75, 3.05) is 36.8 Å². The molecule has 3 rings (SSSR count). The predicted molar refractivity (Wildman–Crippen MR) is 117 cm³/mol. The minimum absolute atomic E-state index is 0.0409. The van der Waals surface area contributed by atoms with Crippen LogP contribution in [0.25, 0.3) is 0 Å². The Morgan fingerprint density at radius 1 is 0.935 bits per heavy atom. The highest BCUT2D eigenvalue weighted by Crippen LogP contribution is 2.33. The van der Waals surface area contributed by atoms with Crippen molar-refractivity contribution in [2.45, 2.75) is 29.1 Å². The molecular formula is C19H24N4O6S2. The summed E-state index contributed by atoms with van der Waals surface area (Å²) in [6.45, 7) is 1.45. The predicted octanol–water partition coefficient (Wildman–Crippen LogP) is 2.64. The zero-order valence-electron chi connectivity index (χ0n) is 17.2. The summed E-state index contributed by atoms with van der Waals surface area (Å²) < 4.78 is 53.8. The van der Waals surface area contributed by atoms with Crippen LogP contribution in [0.3, 0.4) is 0 Å². The second kappa shape index (κ2) is 8.81. The van der Waals surface area contributed by atoms with Crippen LogP contribution < -0.4 is 9.62 Å². The maximum absolute atomic E-state index is 13.0. The van der Waals surface area contributed by atoms with Crippen LogP contribution in [0, 0.1) is 10.1 Å². The summed E-state index contributed by atoms with van der Waals surface area (Å²) >= 11 is 0. The number of nitrogens with zero attached hydrogens (tertiary/aromatic N) is 3. The van der Waals surface area contributed by atoms with E-state index in [0.717, 1.165) is 36.7 Å². The number of nitrogens with one attached hydrogen (secondary N) is 1. The van der Waals surface area contributed by atoms with Gasteiger partial charge in [-0.1, -0.05) is 0 Å². The molecule has 1 fully saturated rings. The van der Waals surface area contributed by atoms with Gasteiger partial charge in [0.15, 0.2) is 0 Å². The van der Waals surface area contributed by atoms with Crippen LogP contribution in [0.15, 0.2) is 52.3 Å². The molecule has 2 aromatic rings. The van der Waals surface area contributed by atoms with Crippen LogP contribution in [-0.2, 0) is 20.0 Å². The van der Waals surface area contributed by atoms with Gasteiger partial charge in [-0.25, -0.2) is 21.1 Å². The van der Waals surface area contributed by atoms with E-state index in [2.05, 4.69) is 4.72 Å². The van der Waals surface area contributed by atoms with Crippen molar-refractivity contribution in [3.8, 4) is 0 Å². The Labute approximate surface area is 181 Å². The van der Waals surface area contributed by atoms with Crippen molar-refractivity contribution in [1.29, 1.82) is 0 Å². The fourth-order valence-corrected chi connectivity index (χ4v) is 5.30. The Balaban J connectivity index is 1.96. The van der Waals surface area contributed by atoms with Crippen LogP contribution in [0.5, 0.6) is 0 Å². The summed E-state index contributed by atoms with van der Waals surface area (Å²) in [7, 11) is -5.04. The third-order valence-corrected chi connectivity index (χ3v) is 8.26. The van der Waals surface area contributed by atoms with E-state index >= 15 is 0 Å². The highest BCUT2D eigenvalue weighted by Gasteiger charge is 2.23. The van der Waals surface area contributed by atoms with Gasteiger partial charge in [0.05, 0.1) is 26.1 Å². The van der Waals surface area contributed by atoms with Crippen molar-refractivity contribution < 1.29 is 21.8 Å². The summed E-state index contributed by atoms with van der Waals surface area (Å²) in [5.74, 6) is 0. The molecular weight excluding hydrogens is 444 g/mol. The summed E-state index contributed by atoms with van der Waals surface area (Å²) in [5, 5.41) is 11.2. The number of non-ortho nitro benzene ring substituents is 1. The average Bonchev–Trinajstić information content (AvgIpc) is 2.74. The van der Waals surface area contributed by atoms with Crippen LogP contribution in [0.4, 0.5) is 17.1 Å². The number of piperidine rings is 1. The number of nitro groups is 1. The average molecular weight is 469 g/mol. The molecule has 0 spiro atoms. The summed E-state index contributed by atoms with van der Waals surface area (Å²) in [6, 6.07) is 8.90. The number of hydrogen-bond donors (Lipinski definition) is 1. The topological polar surface area (TPSA) is 130 Å². The van der Waals surface area contributed by atoms with Gasteiger partial charge in [-0.15, -0.1) is 0 Å². The highest BCUT2D eigenvalue weighted by molar-refractivity contribution is 7.92. The normalized spacial score (nSPS) is 15.1. The summed E-state index contributed by atoms with van der Waals surface area (Å²) in [6.07, 6.45) is 2.97. The number of sulfonamides is 2. The number of nitro benzene ring substituents is 1. The molecule has 0 saturated carbocycles. The van der Waals surface area contributed by atoms with E-state index in [0.29, 0.717) is 5.69 Å². The lowest BCUT2D eigenvalue weighted by atomic mass is 10.1. The minimum Gasteiger partial charge on any atom is -0.370 e. The molecule has 168 valence electrons. The number of benzene rings is 2. The van der Waals surface area contributed by atoms with Crippen LogP contribution in [0.1, 0.15) is 19.3 Å². The standard InChI is InChI=1S/C19H24N4O6S2/c1-21(2)31(28,29)17-9-7-16(8-10-17)30(26,27)20-18-14-15(23(24)25)6-11-19(18)22-12-4-3-5-13-22/h6-11,14,20H,3-5,12-13H2,1-2H3. The molecule has 0 unspecified atom stereocenters. The molecule has 1 aliphatic heterocycles. The fourth-order valence-electron chi connectivity index (χ4n) is 3.34. The Kier molecular flexibility index (Phi) is 6.53. The molecule has 0 atom stereocenters. The van der Waals surface area contributed by atoms with Gasteiger partial charge in [0.2, 0.25) is 10.0 Å². The van der Waals surface area contributed by atoms with Crippen LogP contribution in [-0.4, -0.2) is 53.2 Å². The number of anilines is 2. The van der Waals surface area contributed by atoms with Gasteiger partial charge in [-0.05, 0) is 49.6 Å². The van der Waals surface area contributed by atoms with Gasteiger partial charge >= 0.3 is 0 Å². The van der Waals surface area contributed by atoms with Crippen LogP contribution in [0.2, 0.25) is 0 Å². The molecule has 0 bridgehead atoms. The monoisotopic (exact) mass is 468 g/mol. The number of hydrogen-bond acceptors (Lipinski definition) is 7. The molecule has 1 heterocycles. The van der Waals surface area contributed by atoms with Crippen molar-refractivity contribution in [3.05, 3.63) is 52.6 Å². The molecule has 10 nitrogen and oxygen atoms in total. The van der Waals surface area contributed by atoms with Gasteiger partial charge in [-0.3, -0.25) is 14.8 Å². The lowest BCUT2D eigenvalue weighted by molar-refractivity contribution is -0.384. The van der Waals surface area contributed by atoms with Gasteiger partial charge in [0.25, 0.3) is 15.7 Å². The van der Waals surface area contributed by atoms with Gasteiger partial charge < -0.3 is 4.90 Å². The van der Waals surface area contributed by atoms with E-state index in [4.69, 9.17) is 0 Å². The molecule has 0 amide bonds. The Morgan fingerprint density at radius 2 is 1.52 bits per heavy atom. The third kappa shape index (κ3) is 4.97. The molecule has 0 aromatic heterocycles. The van der Waals surface area contributed by atoms with E-state index in [1.165, 1.54) is 50.5 Å². The van der Waals surface area contributed by atoms with E-state index < -0.39 is 25.0 Å². The second-order valence-electron chi connectivity index (χ2n) is 7.37. The van der Waals surface area contributed by atoms with Crippen molar-refractivity contribution in [3.63, 3.8) is 0 Å². The molecule has 2 aromatic carbocycles. The zero-order valence-corrected chi connectivity index (χ0v) is 18.8. The molecule has 12 heteroatoms. The molecule has 1 saturated heterocycles. The van der Waals surface area contributed by atoms with E-state index in [1.54, 1.807) is 6.07 Å². The highest BCUT2D eigenvalue weighted by atomic mass is 32.2. The lowest BCUT2D eigenvalue weighted by Gasteiger charge is -2.30. The molecule has 31 heavy (non-hydrogen) atoms. The Morgan fingerprint density at radius 3 is 2.06 bits per heavy atom. The first-order valence-electron chi connectivity index (χ1n) is 9.61. The van der Waals surface area contributed by atoms with Gasteiger partial charge in [0, 0.05) is 39.3 Å². The lowest BCUT2D eigenvalue weighted by Crippen LogP contribution is -2.30. The SMILES string of the molecule is CN(C)S(=O)(=O)c1ccc(S(=O)(=O)Nc2cc([N+](=O)[O-])ccc2N2CCCCC2)cc1. The second-order valence-corrected chi connectivity index (χ2v) is 11.2.